The third kappa shape index (κ3) is 6.99. The summed E-state index contributed by atoms with van der Waals surface area (Å²) in [6.45, 7) is 5.78. The molecule has 9 heteroatoms. The molecule has 1 fully saturated rings. The lowest BCUT2D eigenvalue weighted by Gasteiger charge is -2.19. The molecule has 0 aromatic carbocycles. The molecule has 0 unspecified atom stereocenters. The fourth-order valence-corrected chi connectivity index (χ4v) is 2.76. The van der Waals surface area contributed by atoms with Gasteiger partial charge in [-0.3, -0.25) is 14.9 Å². The van der Waals surface area contributed by atoms with Gasteiger partial charge in [-0.25, -0.2) is 4.68 Å². The molecule has 2 heterocycles. The molecule has 3 N–H and O–H groups in total. The summed E-state index contributed by atoms with van der Waals surface area (Å²) in [5.74, 6) is 1.46. The first-order valence-corrected chi connectivity index (χ1v) is 8.66. The van der Waals surface area contributed by atoms with E-state index in [4.69, 9.17) is 0 Å². The average molecular weight is 373 g/mol. The maximum atomic E-state index is 12.0. The maximum Gasteiger partial charge on any atom is 0.227 e. The van der Waals surface area contributed by atoms with Gasteiger partial charge in [0, 0.05) is 31.8 Å². The van der Waals surface area contributed by atoms with Crippen LogP contribution in [0.1, 0.15) is 57.7 Å². The van der Waals surface area contributed by atoms with Crippen molar-refractivity contribution in [1.82, 2.24) is 25.4 Å². The molecule has 0 saturated carbocycles. The van der Waals surface area contributed by atoms with Crippen LogP contribution in [0.2, 0.25) is 0 Å². The summed E-state index contributed by atoms with van der Waals surface area (Å²) in [5.41, 5.74) is 0. The third-order valence-corrected chi connectivity index (χ3v) is 3.99. The number of anilines is 1. The Morgan fingerprint density at radius 3 is 2.52 bits per heavy atom. The number of piperidine rings is 1. The van der Waals surface area contributed by atoms with Gasteiger partial charge >= 0.3 is 0 Å². The van der Waals surface area contributed by atoms with Gasteiger partial charge in [-0.05, 0) is 46.2 Å². The minimum Gasteiger partial charge on any atom is -0.354 e. The molecule has 2 amide bonds. The van der Waals surface area contributed by atoms with Gasteiger partial charge in [0.05, 0.1) is 0 Å². The second-order valence-electron chi connectivity index (χ2n) is 6.57. The van der Waals surface area contributed by atoms with E-state index in [0.717, 1.165) is 31.8 Å². The van der Waals surface area contributed by atoms with Crippen LogP contribution in [0.3, 0.4) is 0 Å². The van der Waals surface area contributed by atoms with E-state index in [-0.39, 0.29) is 30.3 Å². The molecule has 1 aromatic rings. The van der Waals surface area contributed by atoms with Crippen LogP contribution < -0.4 is 16.0 Å². The highest BCUT2D eigenvalue weighted by molar-refractivity contribution is 5.89. The van der Waals surface area contributed by atoms with Crippen LogP contribution in [0.5, 0.6) is 0 Å². The number of nitrogens with one attached hydrogen (secondary N) is 3. The van der Waals surface area contributed by atoms with Crippen molar-refractivity contribution < 1.29 is 9.59 Å². The van der Waals surface area contributed by atoms with Crippen LogP contribution in [-0.4, -0.2) is 45.7 Å². The fraction of sp³-hybridized carbons (Fsp3) is 0.750. The van der Waals surface area contributed by atoms with Crippen molar-refractivity contribution in [1.29, 1.82) is 0 Å². The molecule has 1 saturated heterocycles. The first kappa shape index (κ1) is 21.4. The molecule has 0 aliphatic carbocycles. The van der Waals surface area contributed by atoms with E-state index < -0.39 is 0 Å². The van der Waals surface area contributed by atoms with Crippen molar-refractivity contribution in [2.24, 2.45) is 7.05 Å². The Kier molecular flexibility index (Phi) is 8.85. The molecular weight excluding hydrogens is 344 g/mol. The highest BCUT2D eigenvalue weighted by Crippen LogP contribution is 2.23. The van der Waals surface area contributed by atoms with E-state index in [0.29, 0.717) is 31.1 Å². The van der Waals surface area contributed by atoms with Crippen LogP contribution in [0.4, 0.5) is 5.95 Å². The maximum absolute atomic E-state index is 12.0. The Morgan fingerprint density at radius 2 is 1.88 bits per heavy atom. The van der Waals surface area contributed by atoms with E-state index in [1.165, 1.54) is 0 Å². The predicted molar refractivity (Wildman–Crippen MR) is 98.9 cm³/mol. The number of carbonyl (C=O) groups is 2. The quantitative estimate of drug-likeness (QED) is 0.670. The summed E-state index contributed by atoms with van der Waals surface area (Å²) in [5, 5.41) is 13.3. The molecule has 25 heavy (non-hydrogen) atoms. The first-order valence-electron chi connectivity index (χ1n) is 8.66. The Balaban J connectivity index is 0.00000312. The van der Waals surface area contributed by atoms with Crippen LogP contribution in [0.25, 0.3) is 0 Å². The number of hydrogen-bond donors (Lipinski definition) is 3. The molecule has 1 aromatic heterocycles. The molecule has 0 spiro atoms. The Morgan fingerprint density at radius 1 is 1.24 bits per heavy atom. The second kappa shape index (κ2) is 10.4. The lowest BCUT2D eigenvalue weighted by molar-refractivity contribution is -0.121. The van der Waals surface area contributed by atoms with Crippen LogP contribution in [0, 0.1) is 0 Å². The normalized spacial score (nSPS) is 14.9. The van der Waals surface area contributed by atoms with Crippen molar-refractivity contribution in [2.75, 3.05) is 18.4 Å². The van der Waals surface area contributed by atoms with Crippen molar-refractivity contribution in [3.63, 3.8) is 0 Å². The highest BCUT2D eigenvalue weighted by atomic mass is 35.5. The van der Waals surface area contributed by atoms with Gasteiger partial charge in [-0.2, -0.15) is 10.1 Å². The number of amides is 2. The zero-order chi connectivity index (χ0) is 17.5. The molecule has 1 aliphatic heterocycles. The molecule has 0 radical (unpaired) electrons. The number of nitrogens with zero attached hydrogens (tertiary/aromatic N) is 3. The minimum atomic E-state index is -0.139. The predicted octanol–water partition coefficient (Wildman–Crippen LogP) is 1.34. The molecule has 2 rings (SSSR count). The number of aromatic nitrogens is 3. The topological polar surface area (TPSA) is 101 Å². The van der Waals surface area contributed by atoms with Crippen LogP contribution in [0.15, 0.2) is 0 Å². The van der Waals surface area contributed by atoms with Gasteiger partial charge in [0.15, 0.2) is 5.82 Å². The zero-order valence-electron chi connectivity index (χ0n) is 15.2. The summed E-state index contributed by atoms with van der Waals surface area (Å²) >= 11 is 0. The molecule has 8 nitrogen and oxygen atoms in total. The van der Waals surface area contributed by atoms with Gasteiger partial charge in [0.25, 0.3) is 0 Å². The lowest BCUT2D eigenvalue weighted by atomic mass is 9.98. The van der Waals surface area contributed by atoms with Gasteiger partial charge in [-0.1, -0.05) is 0 Å². The van der Waals surface area contributed by atoms with Crippen molar-refractivity contribution in [3.05, 3.63) is 5.82 Å². The SMILES string of the molecule is CC(C)NC(=O)CCCC(=O)Nc1nc(C2CCNCC2)nn1C.Cl. The third-order valence-electron chi connectivity index (χ3n) is 3.99. The largest absolute Gasteiger partial charge is 0.354 e. The van der Waals surface area contributed by atoms with E-state index in [1.54, 1.807) is 11.7 Å². The average Bonchev–Trinajstić information content (AvgIpc) is 2.88. The number of aryl methyl sites for hydroxylation is 1. The van der Waals surface area contributed by atoms with E-state index in [1.807, 2.05) is 13.8 Å². The van der Waals surface area contributed by atoms with Crippen LogP contribution >= 0.6 is 12.4 Å². The number of halogens is 1. The van der Waals surface area contributed by atoms with Crippen molar-refractivity contribution in [3.8, 4) is 0 Å². The summed E-state index contributed by atoms with van der Waals surface area (Å²) in [4.78, 5) is 28.0. The van der Waals surface area contributed by atoms with Crippen molar-refractivity contribution in [2.45, 2.75) is 57.9 Å². The summed E-state index contributed by atoms with van der Waals surface area (Å²) < 4.78 is 1.61. The Bertz CT molecular complexity index is 569. The standard InChI is InChI=1S/C16H28N6O2.ClH/c1-11(2)18-13(23)5-4-6-14(24)19-16-20-15(21-22(16)3)12-7-9-17-10-8-12;/h11-12,17H,4-10H2,1-3H3,(H,18,23)(H,19,20,21,24);1H. The monoisotopic (exact) mass is 372 g/mol. The van der Waals surface area contributed by atoms with E-state index in [9.17, 15) is 9.59 Å². The Labute approximate surface area is 154 Å². The van der Waals surface area contributed by atoms with Gasteiger partial charge in [-0.15, -0.1) is 12.4 Å². The number of rotatable bonds is 7. The lowest BCUT2D eigenvalue weighted by Crippen LogP contribution is -2.30. The van der Waals surface area contributed by atoms with Gasteiger partial charge in [0.1, 0.15) is 0 Å². The van der Waals surface area contributed by atoms with E-state index in [2.05, 4.69) is 26.0 Å². The number of hydrogen-bond acceptors (Lipinski definition) is 5. The molecule has 142 valence electrons. The van der Waals surface area contributed by atoms with Crippen LogP contribution in [-0.2, 0) is 16.6 Å². The molecule has 0 atom stereocenters. The van der Waals surface area contributed by atoms with E-state index >= 15 is 0 Å². The molecule has 1 aliphatic rings. The van der Waals surface area contributed by atoms with Crippen molar-refractivity contribution >= 4 is 30.2 Å². The van der Waals surface area contributed by atoms with Gasteiger partial charge < -0.3 is 10.6 Å². The van der Waals surface area contributed by atoms with Gasteiger partial charge in [0.2, 0.25) is 17.8 Å². The summed E-state index contributed by atoms with van der Waals surface area (Å²) in [7, 11) is 1.78. The molecular formula is C16H29ClN6O2. The number of carbonyl (C=O) groups excluding carboxylic acids is 2. The minimum absolute atomic E-state index is 0. The first-order chi connectivity index (χ1) is 11.5. The fourth-order valence-electron chi connectivity index (χ4n) is 2.76. The molecule has 0 bridgehead atoms. The highest BCUT2D eigenvalue weighted by Gasteiger charge is 2.21. The second-order valence-corrected chi connectivity index (χ2v) is 6.57. The smallest absolute Gasteiger partial charge is 0.227 e. The summed E-state index contributed by atoms with van der Waals surface area (Å²) in [6, 6.07) is 0.123. The Hall–Kier alpha value is -1.67. The summed E-state index contributed by atoms with van der Waals surface area (Å²) in [6.07, 6.45) is 3.19. The zero-order valence-corrected chi connectivity index (χ0v) is 16.0.